The maximum atomic E-state index is 13.0. The van der Waals surface area contributed by atoms with E-state index in [4.69, 9.17) is 9.47 Å². The Morgan fingerprint density at radius 1 is 0.893 bits per heavy atom. The van der Waals surface area contributed by atoms with Crippen molar-refractivity contribution in [3.05, 3.63) is 51.6 Å². The highest BCUT2D eigenvalue weighted by atomic mass is 32.2. The first-order chi connectivity index (χ1) is 13.0. The summed E-state index contributed by atoms with van der Waals surface area (Å²) >= 11 is 0. The number of sulfonamides is 1. The van der Waals surface area contributed by atoms with Crippen LogP contribution in [0.3, 0.4) is 0 Å². The summed E-state index contributed by atoms with van der Waals surface area (Å²) in [6, 6.07) is 4.98. The van der Waals surface area contributed by atoms with Crippen LogP contribution in [0.2, 0.25) is 0 Å². The van der Waals surface area contributed by atoms with Crippen molar-refractivity contribution < 1.29 is 23.0 Å². The zero-order valence-corrected chi connectivity index (χ0v) is 18.3. The van der Waals surface area contributed by atoms with Crippen LogP contribution in [-0.4, -0.2) is 34.3 Å². The van der Waals surface area contributed by atoms with Gasteiger partial charge in [-0.25, -0.2) is 13.1 Å². The molecule has 6 nitrogen and oxygen atoms in total. The van der Waals surface area contributed by atoms with E-state index < -0.39 is 16.1 Å². The number of rotatable bonds is 7. The molecule has 0 amide bonds. The van der Waals surface area contributed by atoms with Gasteiger partial charge in [0.15, 0.2) is 11.5 Å². The van der Waals surface area contributed by atoms with Gasteiger partial charge in [-0.3, -0.25) is 0 Å². The molecule has 0 heterocycles. The molecule has 0 aromatic heterocycles. The molecule has 2 aromatic rings. The average Bonchev–Trinajstić information content (AvgIpc) is 2.68. The summed E-state index contributed by atoms with van der Waals surface area (Å²) < 4.78 is 38.9. The van der Waals surface area contributed by atoms with Gasteiger partial charge in [0.25, 0.3) is 0 Å². The maximum Gasteiger partial charge on any atom is 0.241 e. The van der Waals surface area contributed by atoms with Gasteiger partial charge in [0.1, 0.15) is 0 Å². The molecule has 2 aromatic carbocycles. The topological polar surface area (TPSA) is 84.9 Å². The van der Waals surface area contributed by atoms with E-state index in [1.807, 2.05) is 34.6 Å². The van der Waals surface area contributed by atoms with Gasteiger partial charge in [0.2, 0.25) is 10.0 Å². The van der Waals surface area contributed by atoms with E-state index in [9.17, 15) is 13.5 Å². The molecule has 1 atom stereocenters. The first-order valence-corrected chi connectivity index (χ1v) is 10.5. The Morgan fingerprint density at radius 2 is 1.39 bits per heavy atom. The average molecular weight is 408 g/mol. The molecule has 0 saturated carbocycles. The van der Waals surface area contributed by atoms with Crippen molar-refractivity contribution in [3.63, 3.8) is 0 Å². The third kappa shape index (κ3) is 4.16. The summed E-state index contributed by atoms with van der Waals surface area (Å²) in [5.41, 5.74) is 5.01. The monoisotopic (exact) mass is 407 g/mol. The number of ether oxygens (including phenoxy) is 2. The highest BCUT2D eigenvalue weighted by molar-refractivity contribution is 7.89. The molecule has 2 rings (SSSR count). The number of nitrogens with one attached hydrogen (secondary N) is 1. The maximum absolute atomic E-state index is 13.0. The molecule has 0 aliphatic heterocycles. The number of methoxy groups -OCH3 is 2. The van der Waals surface area contributed by atoms with Crippen LogP contribution in [0, 0.1) is 34.6 Å². The molecule has 0 aliphatic rings. The molecule has 2 N–H and O–H groups in total. The van der Waals surface area contributed by atoms with Crippen LogP contribution in [0.4, 0.5) is 0 Å². The predicted molar refractivity (Wildman–Crippen MR) is 110 cm³/mol. The molecule has 0 fully saturated rings. The highest BCUT2D eigenvalue weighted by Crippen LogP contribution is 2.31. The second-order valence-corrected chi connectivity index (χ2v) is 8.64. The van der Waals surface area contributed by atoms with Gasteiger partial charge < -0.3 is 14.6 Å². The molecule has 154 valence electrons. The second kappa shape index (κ2) is 8.51. The Bertz CT molecular complexity index is 954. The first kappa shape index (κ1) is 22.2. The Balaban J connectivity index is 2.30. The van der Waals surface area contributed by atoms with Crippen molar-refractivity contribution in [1.29, 1.82) is 0 Å². The lowest BCUT2D eigenvalue weighted by molar-refractivity contribution is 0.181. The van der Waals surface area contributed by atoms with Gasteiger partial charge in [-0.15, -0.1) is 0 Å². The molecule has 28 heavy (non-hydrogen) atoms. The third-order valence-electron chi connectivity index (χ3n) is 5.46. The van der Waals surface area contributed by atoms with Crippen LogP contribution in [0.5, 0.6) is 11.5 Å². The lowest BCUT2D eigenvalue weighted by Crippen LogP contribution is -2.30. The number of hydrogen-bond acceptors (Lipinski definition) is 5. The Kier molecular flexibility index (Phi) is 6.75. The van der Waals surface area contributed by atoms with Crippen LogP contribution in [0.15, 0.2) is 23.1 Å². The van der Waals surface area contributed by atoms with E-state index in [1.165, 1.54) is 14.2 Å². The van der Waals surface area contributed by atoms with Gasteiger partial charge in [-0.05, 0) is 80.1 Å². The second-order valence-electron chi connectivity index (χ2n) is 6.94. The van der Waals surface area contributed by atoms with Gasteiger partial charge in [-0.2, -0.15) is 0 Å². The van der Waals surface area contributed by atoms with Crippen molar-refractivity contribution in [2.75, 3.05) is 20.8 Å². The summed E-state index contributed by atoms with van der Waals surface area (Å²) in [4.78, 5) is 0.285. The summed E-state index contributed by atoms with van der Waals surface area (Å²) in [5, 5.41) is 10.5. The van der Waals surface area contributed by atoms with Crippen molar-refractivity contribution in [3.8, 4) is 11.5 Å². The van der Waals surface area contributed by atoms with E-state index in [1.54, 1.807) is 18.2 Å². The van der Waals surface area contributed by atoms with Crippen LogP contribution < -0.4 is 14.2 Å². The molecule has 0 spiro atoms. The lowest BCUT2D eigenvalue weighted by Gasteiger charge is -2.20. The van der Waals surface area contributed by atoms with Crippen LogP contribution in [0.1, 0.15) is 39.5 Å². The number of benzene rings is 2. The quantitative estimate of drug-likeness (QED) is 0.736. The van der Waals surface area contributed by atoms with Crippen LogP contribution >= 0.6 is 0 Å². The van der Waals surface area contributed by atoms with E-state index >= 15 is 0 Å². The predicted octanol–water partition coefficient (Wildman–Crippen LogP) is 3.26. The van der Waals surface area contributed by atoms with Crippen LogP contribution in [-0.2, 0) is 10.0 Å². The summed E-state index contributed by atoms with van der Waals surface area (Å²) in [5.74, 6) is 1.01. The lowest BCUT2D eigenvalue weighted by atomic mass is 9.95. The first-order valence-electron chi connectivity index (χ1n) is 9.01. The molecule has 7 heteroatoms. The van der Waals surface area contributed by atoms with E-state index in [0.717, 1.165) is 27.8 Å². The summed E-state index contributed by atoms with van der Waals surface area (Å²) in [7, 11) is -0.751. The zero-order chi connectivity index (χ0) is 21.2. The van der Waals surface area contributed by atoms with Crippen LogP contribution in [0.25, 0.3) is 0 Å². The number of aliphatic hydroxyl groups excluding tert-OH is 1. The minimum Gasteiger partial charge on any atom is -0.493 e. The minimum atomic E-state index is -3.78. The third-order valence-corrected chi connectivity index (χ3v) is 7.16. The minimum absolute atomic E-state index is 0.150. The van der Waals surface area contributed by atoms with E-state index in [0.29, 0.717) is 17.1 Å². The van der Waals surface area contributed by atoms with Gasteiger partial charge in [0.05, 0.1) is 25.2 Å². The van der Waals surface area contributed by atoms with Crippen molar-refractivity contribution in [2.24, 2.45) is 0 Å². The molecular formula is C21H29NO5S. The van der Waals surface area contributed by atoms with Crippen molar-refractivity contribution in [2.45, 2.75) is 45.6 Å². The van der Waals surface area contributed by atoms with Gasteiger partial charge in [0, 0.05) is 6.54 Å². The van der Waals surface area contributed by atoms with E-state index in [-0.39, 0.29) is 11.4 Å². The molecule has 0 bridgehead atoms. The molecule has 0 radical (unpaired) electrons. The SMILES string of the molecule is COc1ccc(C(O)CNS(=O)(=O)c2c(C)c(C)c(C)c(C)c2C)cc1OC. The Labute approximate surface area is 167 Å². The normalized spacial score (nSPS) is 12.7. The fourth-order valence-corrected chi connectivity index (χ4v) is 4.94. The standard InChI is InChI=1S/C21H29NO5S/c1-12-13(2)15(4)21(16(5)14(12)3)28(24,25)22-11-18(23)17-8-9-19(26-6)20(10-17)27-7/h8-10,18,22-23H,11H2,1-7H3. The fraction of sp³-hybridized carbons (Fsp3) is 0.429. The highest BCUT2D eigenvalue weighted by Gasteiger charge is 2.24. The smallest absolute Gasteiger partial charge is 0.241 e. The molecule has 1 unspecified atom stereocenters. The summed E-state index contributed by atoms with van der Waals surface area (Å²) in [6.07, 6.45) is -1.03. The molecule has 0 aliphatic carbocycles. The molecular weight excluding hydrogens is 378 g/mol. The number of hydrogen-bond donors (Lipinski definition) is 2. The van der Waals surface area contributed by atoms with Crippen molar-refractivity contribution in [1.82, 2.24) is 4.72 Å². The van der Waals surface area contributed by atoms with Crippen molar-refractivity contribution >= 4 is 10.0 Å². The summed E-state index contributed by atoms with van der Waals surface area (Å²) in [6.45, 7) is 9.32. The van der Waals surface area contributed by atoms with Gasteiger partial charge >= 0.3 is 0 Å². The van der Waals surface area contributed by atoms with E-state index in [2.05, 4.69) is 4.72 Å². The Hall–Kier alpha value is -2.09. The largest absolute Gasteiger partial charge is 0.493 e. The Morgan fingerprint density at radius 3 is 1.89 bits per heavy atom. The fourth-order valence-electron chi connectivity index (χ4n) is 3.31. The van der Waals surface area contributed by atoms with Gasteiger partial charge in [-0.1, -0.05) is 6.07 Å². The number of aliphatic hydroxyl groups is 1. The molecule has 0 saturated heterocycles. The zero-order valence-electron chi connectivity index (χ0n) is 17.5.